The summed E-state index contributed by atoms with van der Waals surface area (Å²) in [6.07, 6.45) is 4.88. The van der Waals surface area contributed by atoms with Crippen molar-refractivity contribution in [1.29, 1.82) is 0 Å². The summed E-state index contributed by atoms with van der Waals surface area (Å²) in [5, 5.41) is 15.1. The van der Waals surface area contributed by atoms with E-state index in [1.165, 1.54) is 21.9 Å². The molecule has 98 valence electrons. The fraction of sp³-hybridized carbons (Fsp3) is 0.182. The highest BCUT2D eigenvalue weighted by Crippen LogP contribution is 2.27. The SMILES string of the molecule is CCn1cc(Oc2nc3sccn3c2C(=O)O)cn1. The first kappa shape index (κ1) is 11.7. The van der Waals surface area contributed by atoms with Gasteiger partial charge in [-0.1, -0.05) is 0 Å². The fourth-order valence-electron chi connectivity index (χ4n) is 1.71. The highest BCUT2D eigenvalue weighted by atomic mass is 32.1. The Morgan fingerprint density at radius 1 is 1.58 bits per heavy atom. The van der Waals surface area contributed by atoms with Crippen molar-refractivity contribution in [2.24, 2.45) is 0 Å². The van der Waals surface area contributed by atoms with Crippen molar-refractivity contribution in [3.63, 3.8) is 0 Å². The minimum atomic E-state index is -1.08. The van der Waals surface area contributed by atoms with E-state index in [0.717, 1.165) is 0 Å². The van der Waals surface area contributed by atoms with Crippen LogP contribution < -0.4 is 4.74 Å². The average molecular weight is 278 g/mol. The number of nitrogens with zero attached hydrogens (tertiary/aromatic N) is 4. The summed E-state index contributed by atoms with van der Waals surface area (Å²) in [5.41, 5.74) is 0.0144. The maximum Gasteiger partial charge on any atom is 0.358 e. The van der Waals surface area contributed by atoms with Gasteiger partial charge in [0, 0.05) is 18.1 Å². The predicted molar refractivity (Wildman–Crippen MR) is 68.0 cm³/mol. The maximum atomic E-state index is 11.3. The predicted octanol–water partition coefficient (Wildman–Crippen LogP) is 2.10. The van der Waals surface area contributed by atoms with Crippen LogP contribution in [-0.2, 0) is 6.54 Å². The molecule has 3 rings (SSSR count). The number of imidazole rings is 1. The summed E-state index contributed by atoms with van der Waals surface area (Å²) in [6, 6.07) is 0. The lowest BCUT2D eigenvalue weighted by molar-refractivity contribution is 0.0686. The van der Waals surface area contributed by atoms with Gasteiger partial charge in [-0.2, -0.15) is 10.1 Å². The number of hydrogen-bond donors (Lipinski definition) is 1. The molecule has 3 heterocycles. The molecule has 0 aliphatic carbocycles. The summed E-state index contributed by atoms with van der Waals surface area (Å²) >= 11 is 1.35. The van der Waals surface area contributed by atoms with Crippen LogP contribution in [-0.4, -0.2) is 30.2 Å². The molecule has 19 heavy (non-hydrogen) atoms. The van der Waals surface area contributed by atoms with Gasteiger partial charge >= 0.3 is 5.97 Å². The van der Waals surface area contributed by atoms with Gasteiger partial charge in [0.2, 0.25) is 0 Å². The monoisotopic (exact) mass is 278 g/mol. The van der Waals surface area contributed by atoms with Gasteiger partial charge in [0.15, 0.2) is 16.4 Å². The average Bonchev–Trinajstić information content (AvgIpc) is 3.03. The molecule has 0 aliphatic rings. The molecular formula is C11H10N4O3S. The largest absolute Gasteiger partial charge is 0.476 e. The van der Waals surface area contributed by atoms with Crippen LogP contribution in [0.25, 0.3) is 4.96 Å². The first-order valence-corrected chi connectivity index (χ1v) is 6.46. The molecule has 8 heteroatoms. The molecule has 0 fully saturated rings. The molecule has 0 radical (unpaired) electrons. The standard InChI is InChI=1S/C11H10N4O3S/c1-2-14-6-7(5-12-14)18-9-8(10(16)17)15-3-4-19-11(15)13-9/h3-6H,2H2,1H3,(H,16,17). The van der Waals surface area contributed by atoms with E-state index >= 15 is 0 Å². The highest BCUT2D eigenvalue weighted by Gasteiger charge is 2.21. The third kappa shape index (κ3) is 1.95. The first-order chi connectivity index (χ1) is 9.19. The molecule has 3 aromatic heterocycles. The third-order valence-electron chi connectivity index (χ3n) is 2.58. The Morgan fingerprint density at radius 2 is 2.42 bits per heavy atom. The van der Waals surface area contributed by atoms with Crippen molar-refractivity contribution in [3.05, 3.63) is 29.7 Å². The van der Waals surface area contributed by atoms with Crippen molar-refractivity contribution in [1.82, 2.24) is 19.2 Å². The molecule has 1 N–H and O–H groups in total. The lowest BCUT2D eigenvalue weighted by Gasteiger charge is -1.99. The second kappa shape index (κ2) is 4.39. The second-order valence-corrected chi connectivity index (χ2v) is 4.63. The van der Waals surface area contributed by atoms with Crippen molar-refractivity contribution in [3.8, 4) is 11.6 Å². The normalized spacial score (nSPS) is 11.0. The van der Waals surface area contributed by atoms with Gasteiger partial charge in [-0.3, -0.25) is 9.08 Å². The van der Waals surface area contributed by atoms with Crippen LogP contribution in [0.1, 0.15) is 17.4 Å². The number of aryl methyl sites for hydroxylation is 1. The van der Waals surface area contributed by atoms with Crippen molar-refractivity contribution in [2.75, 3.05) is 0 Å². The lowest BCUT2D eigenvalue weighted by Crippen LogP contribution is -2.02. The zero-order chi connectivity index (χ0) is 13.4. The molecule has 0 saturated heterocycles. The van der Waals surface area contributed by atoms with Crippen LogP contribution in [0.3, 0.4) is 0 Å². The number of aromatic carboxylic acids is 1. The zero-order valence-electron chi connectivity index (χ0n) is 9.98. The maximum absolute atomic E-state index is 11.3. The topological polar surface area (TPSA) is 81.7 Å². The Morgan fingerprint density at radius 3 is 3.11 bits per heavy atom. The van der Waals surface area contributed by atoms with Crippen molar-refractivity contribution in [2.45, 2.75) is 13.5 Å². The molecule has 0 spiro atoms. The number of carboxylic acids is 1. The lowest BCUT2D eigenvalue weighted by atomic mass is 10.4. The molecule has 0 atom stereocenters. The number of carboxylic acid groups (broad SMARTS) is 1. The summed E-state index contributed by atoms with van der Waals surface area (Å²) < 4.78 is 8.69. The van der Waals surface area contributed by atoms with Crippen LogP contribution in [0, 0.1) is 0 Å². The number of thiazole rings is 1. The first-order valence-electron chi connectivity index (χ1n) is 5.58. The van der Waals surface area contributed by atoms with Gasteiger partial charge in [-0.25, -0.2) is 4.79 Å². The molecule has 0 unspecified atom stereocenters. The fourth-order valence-corrected chi connectivity index (χ4v) is 2.42. The Bertz CT molecular complexity index is 742. The summed E-state index contributed by atoms with van der Waals surface area (Å²) in [5.74, 6) is -0.533. The number of hydrogen-bond acceptors (Lipinski definition) is 5. The Hall–Kier alpha value is -2.35. The van der Waals surface area contributed by atoms with Gasteiger partial charge in [0.25, 0.3) is 5.88 Å². The van der Waals surface area contributed by atoms with Crippen LogP contribution in [0.2, 0.25) is 0 Å². The van der Waals surface area contributed by atoms with Gasteiger partial charge < -0.3 is 9.84 Å². The van der Waals surface area contributed by atoms with Gasteiger partial charge in [-0.05, 0) is 6.92 Å². The van der Waals surface area contributed by atoms with E-state index < -0.39 is 5.97 Å². The molecule has 7 nitrogen and oxygen atoms in total. The van der Waals surface area contributed by atoms with Crippen LogP contribution in [0.4, 0.5) is 0 Å². The quantitative estimate of drug-likeness (QED) is 0.790. The number of rotatable bonds is 4. The van der Waals surface area contributed by atoms with E-state index in [1.807, 2.05) is 6.92 Å². The zero-order valence-corrected chi connectivity index (χ0v) is 10.8. The Labute approximate surface area is 111 Å². The van der Waals surface area contributed by atoms with Gasteiger partial charge in [-0.15, -0.1) is 11.3 Å². The second-order valence-electron chi connectivity index (χ2n) is 3.76. The minimum absolute atomic E-state index is 0.0144. The van der Waals surface area contributed by atoms with E-state index in [2.05, 4.69) is 10.1 Å². The summed E-state index contributed by atoms with van der Waals surface area (Å²) in [4.78, 5) is 16.0. The van der Waals surface area contributed by atoms with Gasteiger partial charge in [0.1, 0.15) is 0 Å². The molecule has 3 aromatic rings. The number of carbonyl (C=O) groups is 1. The third-order valence-corrected chi connectivity index (χ3v) is 3.34. The number of ether oxygens (including phenoxy) is 1. The smallest absolute Gasteiger partial charge is 0.358 e. The molecule has 0 amide bonds. The van der Waals surface area contributed by atoms with Crippen LogP contribution >= 0.6 is 11.3 Å². The van der Waals surface area contributed by atoms with E-state index in [4.69, 9.17) is 4.74 Å². The Balaban J connectivity index is 2.02. The van der Waals surface area contributed by atoms with E-state index in [-0.39, 0.29) is 11.6 Å². The van der Waals surface area contributed by atoms with E-state index in [0.29, 0.717) is 17.3 Å². The summed E-state index contributed by atoms with van der Waals surface area (Å²) in [6.45, 7) is 2.67. The number of fused-ring (bicyclic) bond motifs is 1. The molecule has 0 bridgehead atoms. The molecule has 0 saturated carbocycles. The number of aromatic nitrogens is 4. The Kier molecular flexibility index (Phi) is 2.71. The molecular weight excluding hydrogens is 268 g/mol. The molecule has 0 aromatic carbocycles. The minimum Gasteiger partial charge on any atom is -0.476 e. The van der Waals surface area contributed by atoms with Gasteiger partial charge in [0.05, 0.1) is 12.4 Å². The van der Waals surface area contributed by atoms with E-state index in [9.17, 15) is 9.90 Å². The summed E-state index contributed by atoms with van der Waals surface area (Å²) in [7, 11) is 0. The van der Waals surface area contributed by atoms with Crippen molar-refractivity contribution >= 4 is 22.3 Å². The van der Waals surface area contributed by atoms with Crippen LogP contribution in [0.15, 0.2) is 24.0 Å². The van der Waals surface area contributed by atoms with Crippen molar-refractivity contribution < 1.29 is 14.6 Å². The highest BCUT2D eigenvalue weighted by molar-refractivity contribution is 7.15. The van der Waals surface area contributed by atoms with E-state index in [1.54, 1.807) is 22.5 Å². The van der Waals surface area contributed by atoms with Crippen LogP contribution in [0.5, 0.6) is 11.6 Å². The molecule has 0 aliphatic heterocycles.